The third-order valence-corrected chi connectivity index (χ3v) is 2.45. The van der Waals surface area contributed by atoms with Gasteiger partial charge in [-0.2, -0.15) is 4.98 Å². The molecule has 0 saturated carbocycles. The Kier molecular flexibility index (Phi) is 3.60. The van der Waals surface area contributed by atoms with Gasteiger partial charge in [0.1, 0.15) is 0 Å². The number of carboxylic acids is 1. The highest BCUT2D eigenvalue weighted by atomic mass is 16.6. The fourth-order valence-electron chi connectivity index (χ4n) is 1.56. The van der Waals surface area contributed by atoms with E-state index in [-0.39, 0.29) is 23.5 Å². The molecule has 0 bridgehead atoms. The first kappa shape index (κ1) is 13.5. The number of nitrogens with one attached hydrogen (secondary N) is 1. The van der Waals surface area contributed by atoms with Gasteiger partial charge < -0.3 is 14.9 Å². The number of hydrogen-bond acceptors (Lipinski definition) is 7. The van der Waals surface area contributed by atoms with Gasteiger partial charge in [-0.15, -0.1) is 0 Å². The Hall–Kier alpha value is -2.97. The van der Waals surface area contributed by atoms with Crippen LogP contribution in [0.3, 0.4) is 0 Å². The molecule has 2 rings (SSSR count). The van der Waals surface area contributed by atoms with Gasteiger partial charge in [-0.3, -0.25) is 10.1 Å². The van der Waals surface area contributed by atoms with E-state index < -0.39 is 10.9 Å². The fourth-order valence-corrected chi connectivity index (χ4v) is 1.56. The quantitative estimate of drug-likeness (QED) is 0.622. The average Bonchev–Trinajstić information content (AvgIpc) is 2.81. The Morgan fingerprint density at radius 3 is 2.85 bits per heavy atom. The summed E-state index contributed by atoms with van der Waals surface area (Å²) < 4.78 is 4.77. The minimum absolute atomic E-state index is 0.148. The maximum Gasteiger partial charge on any atom is 0.338 e. The fraction of sp³-hybridized carbons (Fsp3) is 0.182. The first-order valence-corrected chi connectivity index (χ1v) is 5.52. The van der Waals surface area contributed by atoms with Crippen molar-refractivity contribution in [3.05, 3.63) is 45.6 Å². The molecular formula is C11H10N4O5. The van der Waals surface area contributed by atoms with Crippen LogP contribution in [0.25, 0.3) is 0 Å². The Balaban J connectivity index is 2.22. The summed E-state index contributed by atoms with van der Waals surface area (Å²) in [6, 6.07) is 3.54. The molecule has 0 aliphatic heterocycles. The van der Waals surface area contributed by atoms with Crippen molar-refractivity contribution in [1.29, 1.82) is 0 Å². The van der Waals surface area contributed by atoms with Gasteiger partial charge in [0.15, 0.2) is 5.82 Å². The number of rotatable bonds is 5. The molecule has 0 aliphatic rings. The van der Waals surface area contributed by atoms with Crippen molar-refractivity contribution in [1.82, 2.24) is 10.1 Å². The van der Waals surface area contributed by atoms with Crippen LogP contribution in [0.1, 0.15) is 22.1 Å². The summed E-state index contributed by atoms with van der Waals surface area (Å²) >= 11 is 0. The maximum absolute atomic E-state index is 11.1. The minimum Gasteiger partial charge on any atom is -0.478 e. The summed E-state index contributed by atoms with van der Waals surface area (Å²) in [4.78, 5) is 25.0. The first-order chi connectivity index (χ1) is 9.47. The molecule has 9 nitrogen and oxygen atoms in total. The summed E-state index contributed by atoms with van der Waals surface area (Å²) in [5.41, 5.74) is -0.242. The topological polar surface area (TPSA) is 131 Å². The Morgan fingerprint density at radius 2 is 2.30 bits per heavy atom. The lowest BCUT2D eigenvalue weighted by atomic mass is 10.1. The van der Waals surface area contributed by atoms with Gasteiger partial charge in [-0.05, 0) is 6.07 Å². The number of carboxylic acid groups (broad SMARTS) is 1. The van der Waals surface area contributed by atoms with Crippen molar-refractivity contribution in [2.24, 2.45) is 0 Å². The molecule has 104 valence electrons. The van der Waals surface area contributed by atoms with Crippen LogP contribution in [0, 0.1) is 17.0 Å². The van der Waals surface area contributed by atoms with E-state index in [1.165, 1.54) is 12.1 Å². The monoisotopic (exact) mass is 278 g/mol. The second kappa shape index (κ2) is 5.34. The predicted octanol–water partition coefficient (Wildman–Crippen LogP) is 1.60. The molecule has 1 aromatic carbocycles. The second-order valence-corrected chi connectivity index (χ2v) is 3.88. The summed E-state index contributed by atoms with van der Waals surface area (Å²) in [5, 5.41) is 26.1. The molecule has 1 aromatic heterocycles. The minimum atomic E-state index is -1.26. The number of aromatic carboxylic acids is 1. The summed E-state index contributed by atoms with van der Waals surface area (Å²) in [6.45, 7) is 1.78. The zero-order valence-electron chi connectivity index (χ0n) is 10.4. The molecule has 0 amide bonds. The van der Waals surface area contributed by atoms with Crippen molar-refractivity contribution in [3.8, 4) is 0 Å². The number of carbonyl (C=O) groups is 1. The van der Waals surface area contributed by atoms with Crippen LogP contribution in [-0.2, 0) is 6.54 Å². The van der Waals surface area contributed by atoms with Crippen molar-refractivity contribution < 1.29 is 19.3 Å². The molecule has 0 atom stereocenters. The number of nitro groups is 1. The van der Waals surface area contributed by atoms with Crippen LogP contribution in [0.15, 0.2) is 22.7 Å². The van der Waals surface area contributed by atoms with Gasteiger partial charge in [0.05, 0.1) is 17.0 Å². The molecule has 0 fully saturated rings. The average molecular weight is 278 g/mol. The van der Waals surface area contributed by atoms with E-state index >= 15 is 0 Å². The van der Waals surface area contributed by atoms with E-state index in [0.29, 0.717) is 11.7 Å². The lowest BCUT2D eigenvalue weighted by Crippen LogP contribution is -2.08. The van der Waals surface area contributed by atoms with Crippen molar-refractivity contribution >= 4 is 17.3 Å². The van der Waals surface area contributed by atoms with Gasteiger partial charge >= 0.3 is 5.97 Å². The Labute approximate surface area is 112 Å². The molecule has 2 aromatic rings. The number of non-ortho nitro benzene ring substituents is 1. The SMILES string of the molecule is Cc1nc(CNc2ccc([N+](=O)[O-])cc2C(=O)O)no1. The first-order valence-electron chi connectivity index (χ1n) is 5.52. The van der Waals surface area contributed by atoms with Crippen molar-refractivity contribution in [2.45, 2.75) is 13.5 Å². The van der Waals surface area contributed by atoms with Crippen LogP contribution in [-0.4, -0.2) is 26.1 Å². The molecule has 0 unspecified atom stereocenters. The van der Waals surface area contributed by atoms with Crippen LogP contribution in [0.4, 0.5) is 11.4 Å². The van der Waals surface area contributed by atoms with Crippen LogP contribution in [0.2, 0.25) is 0 Å². The van der Waals surface area contributed by atoms with Gasteiger partial charge in [-0.25, -0.2) is 4.79 Å². The largest absolute Gasteiger partial charge is 0.478 e. The normalized spacial score (nSPS) is 10.2. The number of aromatic nitrogens is 2. The van der Waals surface area contributed by atoms with Crippen molar-refractivity contribution in [2.75, 3.05) is 5.32 Å². The van der Waals surface area contributed by atoms with E-state index in [1.807, 2.05) is 0 Å². The van der Waals surface area contributed by atoms with E-state index in [2.05, 4.69) is 15.5 Å². The standard InChI is InChI=1S/C11H10N4O5/c1-6-13-10(14-20-6)5-12-9-3-2-7(15(18)19)4-8(9)11(16)17/h2-4,12H,5H2,1H3,(H,16,17). The van der Waals surface area contributed by atoms with E-state index in [4.69, 9.17) is 9.63 Å². The Morgan fingerprint density at radius 1 is 1.55 bits per heavy atom. The highest BCUT2D eigenvalue weighted by Gasteiger charge is 2.16. The van der Waals surface area contributed by atoms with Gasteiger partial charge in [-0.1, -0.05) is 5.16 Å². The predicted molar refractivity (Wildman–Crippen MR) is 66.4 cm³/mol. The van der Waals surface area contributed by atoms with E-state index in [0.717, 1.165) is 6.07 Å². The zero-order valence-corrected chi connectivity index (χ0v) is 10.4. The molecule has 0 radical (unpaired) electrons. The summed E-state index contributed by atoms with van der Waals surface area (Å²) in [5.74, 6) is -0.512. The molecule has 0 aliphatic carbocycles. The van der Waals surface area contributed by atoms with Crippen LogP contribution < -0.4 is 5.32 Å². The third-order valence-electron chi connectivity index (χ3n) is 2.45. The van der Waals surface area contributed by atoms with E-state index in [1.54, 1.807) is 6.92 Å². The number of nitrogens with zero attached hydrogens (tertiary/aromatic N) is 3. The van der Waals surface area contributed by atoms with E-state index in [9.17, 15) is 14.9 Å². The molecule has 20 heavy (non-hydrogen) atoms. The maximum atomic E-state index is 11.1. The number of nitro benzene ring substituents is 1. The lowest BCUT2D eigenvalue weighted by Gasteiger charge is -2.07. The smallest absolute Gasteiger partial charge is 0.338 e. The van der Waals surface area contributed by atoms with Gasteiger partial charge in [0, 0.05) is 24.7 Å². The molecule has 2 N–H and O–H groups in total. The van der Waals surface area contributed by atoms with Gasteiger partial charge in [0.25, 0.3) is 5.69 Å². The second-order valence-electron chi connectivity index (χ2n) is 3.88. The van der Waals surface area contributed by atoms with Gasteiger partial charge in [0.2, 0.25) is 5.89 Å². The van der Waals surface area contributed by atoms with Crippen LogP contribution in [0.5, 0.6) is 0 Å². The summed E-state index contributed by atoms with van der Waals surface area (Å²) in [7, 11) is 0. The zero-order chi connectivity index (χ0) is 14.7. The number of anilines is 1. The molecule has 0 saturated heterocycles. The molecule has 1 heterocycles. The summed E-state index contributed by atoms with van der Waals surface area (Å²) in [6.07, 6.45) is 0. The van der Waals surface area contributed by atoms with Crippen molar-refractivity contribution in [3.63, 3.8) is 0 Å². The molecule has 0 spiro atoms. The number of aryl methyl sites for hydroxylation is 1. The lowest BCUT2D eigenvalue weighted by molar-refractivity contribution is -0.384. The molecular weight excluding hydrogens is 268 g/mol. The Bertz CT molecular complexity index is 667. The number of hydrogen-bond donors (Lipinski definition) is 2. The highest BCUT2D eigenvalue weighted by molar-refractivity contribution is 5.95. The number of benzene rings is 1. The highest BCUT2D eigenvalue weighted by Crippen LogP contribution is 2.22. The molecule has 9 heteroatoms. The van der Waals surface area contributed by atoms with Crippen LogP contribution >= 0.6 is 0 Å². The third kappa shape index (κ3) is 2.88.